The number of urea groups is 1. The van der Waals surface area contributed by atoms with E-state index in [9.17, 15) is 9.59 Å². The topological polar surface area (TPSA) is 108 Å². The molecule has 2 rings (SSSR count). The zero-order chi connectivity index (χ0) is 12.3. The Morgan fingerprint density at radius 3 is 3.00 bits per heavy atom. The molecular formula is C8H11N5O3S. The first-order chi connectivity index (χ1) is 8.16. The van der Waals surface area contributed by atoms with Gasteiger partial charge in [-0.1, -0.05) is 9.59 Å². The minimum Gasteiger partial charge on any atom is -0.481 e. The van der Waals surface area contributed by atoms with Crippen molar-refractivity contribution in [2.75, 3.05) is 18.4 Å². The molecule has 0 unspecified atom stereocenters. The number of aliphatic carboxylic acids is 1. The number of anilines is 1. The van der Waals surface area contributed by atoms with Crippen LogP contribution in [0.5, 0.6) is 0 Å². The van der Waals surface area contributed by atoms with Crippen molar-refractivity contribution in [3.05, 3.63) is 0 Å². The fraction of sp³-hybridized carbons (Fsp3) is 0.625. The van der Waals surface area contributed by atoms with Crippen molar-refractivity contribution in [2.24, 2.45) is 5.92 Å². The third-order valence-electron chi connectivity index (χ3n) is 2.57. The summed E-state index contributed by atoms with van der Waals surface area (Å²) in [5.41, 5.74) is 0. The Morgan fingerprint density at radius 1 is 1.53 bits per heavy atom. The van der Waals surface area contributed by atoms with E-state index < -0.39 is 11.9 Å². The first-order valence-corrected chi connectivity index (χ1v) is 5.88. The van der Waals surface area contributed by atoms with E-state index >= 15 is 0 Å². The number of carboxylic acid groups (broad SMARTS) is 1. The summed E-state index contributed by atoms with van der Waals surface area (Å²) in [6.07, 6.45) is 1.30. The van der Waals surface area contributed by atoms with Crippen LogP contribution in [-0.2, 0) is 4.79 Å². The summed E-state index contributed by atoms with van der Waals surface area (Å²) in [5, 5.41) is 18.7. The lowest BCUT2D eigenvalue weighted by atomic mass is 9.99. The van der Waals surface area contributed by atoms with Gasteiger partial charge in [0.1, 0.15) is 0 Å². The Hall–Kier alpha value is -1.77. The zero-order valence-corrected chi connectivity index (χ0v) is 9.68. The number of aromatic nitrogens is 3. The van der Waals surface area contributed by atoms with Crippen LogP contribution >= 0.6 is 11.5 Å². The minimum atomic E-state index is -0.861. The highest BCUT2D eigenvalue weighted by molar-refractivity contribution is 7.09. The summed E-state index contributed by atoms with van der Waals surface area (Å²) >= 11 is 0.975. The number of amides is 2. The van der Waals surface area contributed by atoms with Gasteiger partial charge in [-0.25, -0.2) is 4.79 Å². The molecule has 8 nitrogen and oxygen atoms in total. The minimum absolute atomic E-state index is 0.230. The Balaban J connectivity index is 1.93. The summed E-state index contributed by atoms with van der Waals surface area (Å²) < 4.78 is 3.52. The quantitative estimate of drug-likeness (QED) is 0.786. The van der Waals surface area contributed by atoms with Gasteiger partial charge in [0.15, 0.2) is 0 Å². The largest absolute Gasteiger partial charge is 0.481 e. The number of hydrogen-bond acceptors (Lipinski definition) is 6. The first kappa shape index (κ1) is 11.7. The molecule has 2 heterocycles. The predicted octanol–water partition coefficient (Wildman–Crippen LogP) is 0.262. The number of rotatable bonds is 2. The van der Waals surface area contributed by atoms with E-state index in [0.717, 1.165) is 11.5 Å². The fourth-order valence-electron chi connectivity index (χ4n) is 1.72. The highest BCUT2D eigenvalue weighted by Crippen LogP contribution is 2.17. The van der Waals surface area contributed by atoms with Gasteiger partial charge in [0.25, 0.3) is 0 Å². The monoisotopic (exact) mass is 257 g/mol. The number of carbonyl (C=O) groups excluding carboxylic acids is 1. The number of likely N-dealkylation sites (tertiary alicyclic amines) is 1. The standard InChI is InChI=1S/C8H11N5O3S/c14-6(15)5-2-1-3-13(4-5)8(16)9-7-10-11-12-17-7/h5H,1-4H2,(H,14,15)(H,9,10,12,16)/t5-/m0/s1. The van der Waals surface area contributed by atoms with E-state index in [1.165, 1.54) is 4.90 Å². The van der Waals surface area contributed by atoms with E-state index in [4.69, 9.17) is 5.11 Å². The lowest BCUT2D eigenvalue weighted by Gasteiger charge is -2.30. The van der Waals surface area contributed by atoms with Gasteiger partial charge in [-0.2, -0.15) is 0 Å². The molecule has 1 aliphatic heterocycles. The molecule has 17 heavy (non-hydrogen) atoms. The van der Waals surface area contributed by atoms with E-state index in [0.29, 0.717) is 24.5 Å². The normalized spacial score (nSPS) is 20.0. The van der Waals surface area contributed by atoms with Gasteiger partial charge in [-0.15, -0.1) is 0 Å². The Kier molecular flexibility index (Phi) is 3.47. The van der Waals surface area contributed by atoms with Crippen LogP contribution in [0.4, 0.5) is 9.93 Å². The first-order valence-electron chi connectivity index (χ1n) is 5.10. The molecule has 1 fully saturated rings. The van der Waals surface area contributed by atoms with E-state index in [-0.39, 0.29) is 12.6 Å². The van der Waals surface area contributed by atoms with Crippen LogP contribution < -0.4 is 5.32 Å². The molecule has 92 valence electrons. The molecule has 1 aromatic rings. The van der Waals surface area contributed by atoms with E-state index in [1.54, 1.807) is 0 Å². The van der Waals surface area contributed by atoms with Crippen LogP contribution in [0.1, 0.15) is 12.8 Å². The molecule has 9 heteroatoms. The summed E-state index contributed by atoms with van der Waals surface area (Å²) in [6, 6.07) is -0.352. The summed E-state index contributed by atoms with van der Waals surface area (Å²) in [6.45, 7) is 0.787. The number of hydrogen-bond donors (Lipinski definition) is 2. The van der Waals surface area contributed by atoms with Gasteiger partial charge >= 0.3 is 12.0 Å². The number of nitrogens with one attached hydrogen (secondary N) is 1. The summed E-state index contributed by atoms with van der Waals surface area (Å²) in [5.74, 6) is -1.35. The van der Waals surface area contributed by atoms with E-state index in [2.05, 4.69) is 20.1 Å². The molecule has 1 aliphatic rings. The Bertz CT molecular complexity index is 409. The lowest BCUT2D eigenvalue weighted by Crippen LogP contribution is -2.44. The van der Waals surface area contributed by atoms with Gasteiger partial charge in [-0.05, 0) is 18.1 Å². The van der Waals surface area contributed by atoms with Crippen molar-refractivity contribution in [1.82, 2.24) is 19.7 Å². The third kappa shape index (κ3) is 2.87. The molecule has 1 aromatic heterocycles. The van der Waals surface area contributed by atoms with Crippen LogP contribution in [-0.4, -0.2) is 49.9 Å². The number of carbonyl (C=O) groups is 2. The highest BCUT2D eigenvalue weighted by Gasteiger charge is 2.28. The second-order valence-electron chi connectivity index (χ2n) is 3.72. The lowest BCUT2D eigenvalue weighted by molar-refractivity contribution is -0.143. The highest BCUT2D eigenvalue weighted by atomic mass is 32.1. The molecular weight excluding hydrogens is 246 g/mol. The molecule has 2 amide bonds. The molecule has 0 saturated carbocycles. The van der Waals surface area contributed by atoms with Crippen LogP contribution in [0.15, 0.2) is 0 Å². The predicted molar refractivity (Wildman–Crippen MR) is 58.7 cm³/mol. The van der Waals surface area contributed by atoms with Crippen molar-refractivity contribution in [1.29, 1.82) is 0 Å². The molecule has 0 spiro atoms. The molecule has 1 saturated heterocycles. The van der Waals surface area contributed by atoms with Crippen LogP contribution in [0.2, 0.25) is 0 Å². The molecule has 1 atom stereocenters. The van der Waals surface area contributed by atoms with Crippen molar-refractivity contribution in [3.63, 3.8) is 0 Å². The molecule has 0 aliphatic carbocycles. The average Bonchev–Trinajstić information content (AvgIpc) is 2.82. The number of nitrogens with zero attached hydrogens (tertiary/aromatic N) is 4. The molecule has 0 aromatic carbocycles. The second kappa shape index (κ2) is 5.04. The van der Waals surface area contributed by atoms with Crippen molar-refractivity contribution < 1.29 is 14.7 Å². The van der Waals surface area contributed by atoms with Crippen molar-refractivity contribution >= 4 is 28.7 Å². The summed E-state index contributed by atoms with van der Waals surface area (Å²) in [7, 11) is 0. The maximum atomic E-state index is 11.8. The molecule has 0 bridgehead atoms. The third-order valence-corrected chi connectivity index (χ3v) is 3.08. The maximum absolute atomic E-state index is 11.8. The van der Waals surface area contributed by atoms with Gasteiger partial charge in [0.2, 0.25) is 5.13 Å². The van der Waals surface area contributed by atoms with Gasteiger partial charge in [0.05, 0.1) is 5.92 Å². The summed E-state index contributed by atoms with van der Waals surface area (Å²) in [4.78, 5) is 24.1. The SMILES string of the molecule is O=C(O)[C@H]1CCCN(C(=O)Nc2nnns2)C1. The van der Waals surface area contributed by atoms with Gasteiger partial charge in [0, 0.05) is 24.6 Å². The van der Waals surface area contributed by atoms with Gasteiger partial charge < -0.3 is 10.0 Å². The van der Waals surface area contributed by atoms with Crippen molar-refractivity contribution in [3.8, 4) is 0 Å². The van der Waals surface area contributed by atoms with Crippen LogP contribution in [0.25, 0.3) is 0 Å². The Morgan fingerprint density at radius 2 is 2.35 bits per heavy atom. The zero-order valence-electron chi connectivity index (χ0n) is 8.87. The maximum Gasteiger partial charge on any atom is 0.323 e. The second-order valence-corrected chi connectivity index (χ2v) is 4.45. The fourth-order valence-corrected chi connectivity index (χ4v) is 2.07. The average molecular weight is 257 g/mol. The van der Waals surface area contributed by atoms with Crippen LogP contribution in [0.3, 0.4) is 0 Å². The number of carboxylic acids is 1. The number of piperidine rings is 1. The van der Waals surface area contributed by atoms with Crippen LogP contribution in [0, 0.1) is 5.92 Å². The Labute approximate surface area is 101 Å². The molecule has 2 N–H and O–H groups in total. The molecule has 0 radical (unpaired) electrons. The smallest absolute Gasteiger partial charge is 0.323 e. The van der Waals surface area contributed by atoms with Crippen molar-refractivity contribution in [2.45, 2.75) is 12.8 Å². The van der Waals surface area contributed by atoms with Gasteiger partial charge in [-0.3, -0.25) is 10.1 Å². The van der Waals surface area contributed by atoms with E-state index in [1.807, 2.05) is 0 Å².